The lowest BCUT2D eigenvalue weighted by atomic mass is 10.1. The maximum absolute atomic E-state index is 13.4. The minimum absolute atomic E-state index is 0.124. The average Bonchev–Trinajstić information content (AvgIpc) is 3.16. The number of H-pyrrole nitrogens is 1. The lowest BCUT2D eigenvalue weighted by molar-refractivity contribution is -0.133. The van der Waals surface area contributed by atoms with Gasteiger partial charge < -0.3 is 9.80 Å². The second-order valence-electron chi connectivity index (χ2n) is 9.29. The summed E-state index contributed by atoms with van der Waals surface area (Å²) in [6.45, 7) is 14.1. The Kier molecular flexibility index (Phi) is 5.74. The number of carbonyl (C=O) groups excluding carboxylic acids is 1. The van der Waals surface area contributed by atoms with Crippen molar-refractivity contribution in [1.29, 1.82) is 0 Å². The Morgan fingerprint density at radius 1 is 1.10 bits per heavy atom. The van der Waals surface area contributed by atoms with Crippen LogP contribution < -0.4 is 4.90 Å². The first-order valence-electron chi connectivity index (χ1n) is 10.8. The SMILES string of the molecule is CC1(C)SC(C)(C)N(CCCCN2CCN(c3n[nH]c4cc(F)ccc34)CC2)C1=O. The number of aromatic amines is 1. The number of nitrogens with one attached hydrogen (secondary N) is 1. The summed E-state index contributed by atoms with van der Waals surface area (Å²) in [5.41, 5.74) is 0.744. The number of amides is 1. The third kappa shape index (κ3) is 4.17. The molecule has 0 bridgehead atoms. The van der Waals surface area contributed by atoms with Crippen LogP contribution in [0.5, 0.6) is 0 Å². The zero-order chi connectivity index (χ0) is 21.5. The number of unbranched alkanes of at least 4 members (excludes halogenated alkanes) is 1. The highest BCUT2D eigenvalue weighted by Crippen LogP contribution is 2.47. The van der Waals surface area contributed by atoms with Gasteiger partial charge in [-0.05, 0) is 65.3 Å². The molecule has 0 saturated carbocycles. The number of nitrogens with zero attached hydrogens (tertiary/aromatic N) is 4. The number of benzene rings is 1. The van der Waals surface area contributed by atoms with Crippen LogP contribution in [0.3, 0.4) is 0 Å². The van der Waals surface area contributed by atoms with E-state index in [9.17, 15) is 9.18 Å². The maximum Gasteiger partial charge on any atom is 0.239 e. The van der Waals surface area contributed by atoms with Crippen LogP contribution in [-0.2, 0) is 4.79 Å². The van der Waals surface area contributed by atoms with Crippen molar-refractivity contribution in [2.75, 3.05) is 44.2 Å². The van der Waals surface area contributed by atoms with Gasteiger partial charge in [-0.15, -0.1) is 11.8 Å². The zero-order valence-electron chi connectivity index (χ0n) is 18.4. The van der Waals surface area contributed by atoms with Crippen molar-refractivity contribution in [2.45, 2.75) is 50.2 Å². The quantitative estimate of drug-likeness (QED) is 0.704. The predicted molar refractivity (Wildman–Crippen MR) is 121 cm³/mol. The van der Waals surface area contributed by atoms with Crippen molar-refractivity contribution >= 4 is 34.4 Å². The number of carbonyl (C=O) groups is 1. The molecule has 0 unspecified atom stereocenters. The van der Waals surface area contributed by atoms with Crippen LogP contribution in [0.25, 0.3) is 10.9 Å². The highest BCUT2D eigenvalue weighted by atomic mass is 32.2. The lowest BCUT2D eigenvalue weighted by Crippen LogP contribution is -2.47. The first-order chi connectivity index (χ1) is 14.2. The van der Waals surface area contributed by atoms with Crippen molar-refractivity contribution < 1.29 is 9.18 Å². The molecule has 4 rings (SSSR count). The van der Waals surface area contributed by atoms with Gasteiger partial charge in [-0.1, -0.05) is 0 Å². The Balaban J connectivity index is 1.23. The van der Waals surface area contributed by atoms with Gasteiger partial charge >= 0.3 is 0 Å². The van der Waals surface area contributed by atoms with Gasteiger partial charge in [0.25, 0.3) is 0 Å². The van der Waals surface area contributed by atoms with Gasteiger partial charge in [-0.25, -0.2) is 4.39 Å². The van der Waals surface area contributed by atoms with Gasteiger partial charge in [-0.3, -0.25) is 14.8 Å². The van der Waals surface area contributed by atoms with E-state index in [0.717, 1.165) is 68.8 Å². The van der Waals surface area contributed by atoms with Gasteiger partial charge in [0, 0.05) is 38.1 Å². The zero-order valence-corrected chi connectivity index (χ0v) is 19.2. The van der Waals surface area contributed by atoms with E-state index >= 15 is 0 Å². The fourth-order valence-corrected chi connectivity index (χ4v) is 6.40. The third-order valence-corrected chi connectivity index (χ3v) is 7.60. The monoisotopic (exact) mass is 433 g/mol. The number of anilines is 1. The summed E-state index contributed by atoms with van der Waals surface area (Å²) in [6.07, 6.45) is 2.12. The van der Waals surface area contributed by atoms with Crippen LogP contribution in [0.2, 0.25) is 0 Å². The average molecular weight is 434 g/mol. The van der Waals surface area contributed by atoms with Crippen LogP contribution in [0.15, 0.2) is 18.2 Å². The number of hydrogen-bond donors (Lipinski definition) is 1. The highest BCUT2D eigenvalue weighted by molar-refractivity contribution is 8.03. The molecule has 1 amide bonds. The third-order valence-electron chi connectivity index (χ3n) is 6.20. The van der Waals surface area contributed by atoms with Crippen molar-refractivity contribution in [3.8, 4) is 0 Å². The van der Waals surface area contributed by atoms with E-state index in [-0.39, 0.29) is 21.3 Å². The van der Waals surface area contributed by atoms with Crippen molar-refractivity contribution in [3.63, 3.8) is 0 Å². The fraction of sp³-hybridized carbons (Fsp3) is 0.636. The number of halogens is 1. The molecule has 8 heteroatoms. The van der Waals surface area contributed by atoms with Crippen LogP contribution >= 0.6 is 11.8 Å². The Morgan fingerprint density at radius 2 is 1.80 bits per heavy atom. The van der Waals surface area contributed by atoms with Gasteiger partial charge in [0.15, 0.2) is 5.82 Å². The van der Waals surface area contributed by atoms with Crippen molar-refractivity contribution in [3.05, 3.63) is 24.0 Å². The molecule has 2 saturated heterocycles. The van der Waals surface area contributed by atoms with E-state index in [1.165, 1.54) is 12.1 Å². The summed E-state index contributed by atoms with van der Waals surface area (Å²) < 4.78 is 13.1. The number of fused-ring (bicyclic) bond motifs is 1. The summed E-state index contributed by atoms with van der Waals surface area (Å²) in [7, 11) is 0. The molecule has 0 atom stereocenters. The van der Waals surface area contributed by atoms with Crippen LogP contribution in [-0.4, -0.2) is 74.8 Å². The molecular formula is C22H32FN5OS. The number of rotatable bonds is 6. The molecule has 6 nitrogen and oxygen atoms in total. The van der Waals surface area contributed by atoms with Crippen molar-refractivity contribution in [1.82, 2.24) is 20.0 Å². The molecule has 0 radical (unpaired) electrons. The molecule has 1 aromatic carbocycles. The van der Waals surface area contributed by atoms with Crippen LogP contribution in [0, 0.1) is 5.82 Å². The van der Waals surface area contributed by atoms with Crippen LogP contribution in [0.1, 0.15) is 40.5 Å². The topological polar surface area (TPSA) is 55.5 Å². The van der Waals surface area contributed by atoms with Gasteiger partial charge in [0.1, 0.15) is 5.82 Å². The van der Waals surface area contributed by atoms with Gasteiger partial charge in [0.2, 0.25) is 5.91 Å². The molecule has 3 heterocycles. The summed E-state index contributed by atoms with van der Waals surface area (Å²) >= 11 is 1.76. The Bertz CT molecular complexity index is 919. The minimum atomic E-state index is -0.317. The molecular weight excluding hydrogens is 401 g/mol. The van der Waals surface area contributed by atoms with Gasteiger partial charge in [0.05, 0.1) is 15.1 Å². The molecule has 164 valence electrons. The molecule has 0 spiro atoms. The number of aromatic nitrogens is 2. The summed E-state index contributed by atoms with van der Waals surface area (Å²) in [4.78, 5) is 19.4. The van der Waals surface area contributed by atoms with E-state index in [1.807, 2.05) is 13.8 Å². The molecule has 0 aliphatic carbocycles. The molecule has 2 fully saturated rings. The molecule has 2 aliphatic rings. The number of piperazine rings is 1. The summed E-state index contributed by atoms with van der Waals surface area (Å²) in [5, 5.41) is 8.33. The Hall–Kier alpha value is -1.80. The highest BCUT2D eigenvalue weighted by Gasteiger charge is 2.50. The summed E-state index contributed by atoms with van der Waals surface area (Å²) in [5.74, 6) is 0.931. The van der Waals surface area contributed by atoms with Gasteiger partial charge in [-0.2, -0.15) is 5.10 Å². The molecule has 1 N–H and O–H groups in total. The summed E-state index contributed by atoms with van der Waals surface area (Å²) in [6, 6.07) is 4.79. The second kappa shape index (κ2) is 8.04. The number of hydrogen-bond acceptors (Lipinski definition) is 5. The number of thioether (sulfide) groups is 1. The maximum atomic E-state index is 13.4. The lowest BCUT2D eigenvalue weighted by Gasteiger charge is -2.35. The first kappa shape index (κ1) is 21.4. The Morgan fingerprint density at radius 3 is 2.47 bits per heavy atom. The standard InChI is InChI=1S/C22H32FN5OS/c1-21(2)20(29)28(22(3,4)30-21)10-6-5-9-26-11-13-27(14-12-26)19-17-8-7-16(23)15-18(17)24-25-19/h7-8,15H,5-6,9-14H2,1-4H3,(H,24,25). The van der Waals surface area contributed by atoms with Crippen molar-refractivity contribution in [2.24, 2.45) is 0 Å². The fourth-order valence-electron chi connectivity index (χ4n) is 4.67. The van der Waals surface area contributed by atoms with E-state index in [1.54, 1.807) is 17.8 Å². The van der Waals surface area contributed by atoms with Crippen LogP contribution in [0.4, 0.5) is 10.2 Å². The molecule has 2 aromatic rings. The normalized spacial score (nSPS) is 21.7. The van der Waals surface area contributed by atoms with E-state index in [2.05, 4.69) is 38.7 Å². The van der Waals surface area contributed by atoms with E-state index < -0.39 is 0 Å². The predicted octanol–water partition coefficient (Wildman–Crippen LogP) is 3.69. The van der Waals surface area contributed by atoms with E-state index in [4.69, 9.17) is 0 Å². The Labute approximate surface area is 182 Å². The minimum Gasteiger partial charge on any atom is -0.352 e. The second-order valence-corrected chi connectivity index (χ2v) is 11.5. The largest absolute Gasteiger partial charge is 0.352 e. The molecule has 2 aliphatic heterocycles. The smallest absolute Gasteiger partial charge is 0.239 e. The molecule has 1 aromatic heterocycles. The molecule has 30 heavy (non-hydrogen) atoms. The van der Waals surface area contributed by atoms with E-state index in [0.29, 0.717) is 0 Å². The first-order valence-corrected chi connectivity index (χ1v) is 11.6.